The maximum atomic E-state index is 13.8. The highest BCUT2D eigenvalue weighted by atomic mass is 16.4. The van der Waals surface area contributed by atoms with Crippen molar-refractivity contribution in [1.82, 2.24) is 26.6 Å². The number of phenolic OH excluding ortho intramolecular Hbond substituents is 1. The van der Waals surface area contributed by atoms with Gasteiger partial charge in [0.15, 0.2) is 0 Å². The molecule has 52 heavy (non-hydrogen) atoms. The number of unbranched alkanes of at least 4 members (excludes halogenated alkanes) is 2. The van der Waals surface area contributed by atoms with E-state index in [4.69, 9.17) is 11.5 Å². The van der Waals surface area contributed by atoms with Crippen molar-refractivity contribution in [3.05, 3.63) is 42.5 Å². The van der Waals surface area contributed by atoms with Crippen molar-refractivity contribution in [2.45, 2.75) is 127 Å². The number of hydrogen-bond acceptors (Lipinski definition) is 9. The monoisotopic (exact) mass is 729 g/mol. The molecule has 0 bridgehead atoms. The van der Waals surface area contributed by atoms with Crippen LogP contribution in [0, 0.1) is 5.92 Å². The Morgan fingerprint density at radius 2 is 1.23 bits per heavy atom. The van der Waals surface area contributed by atoms with Gasteiger partial charge in [0, 0.05) is 12.8 Å². The molecule has 0 aliphatic heterocycles. The van der Waals surface area contributed by atoms with Crippen molar-refractivity contribution in [3.63, 3.8) is 0 Å². The fraction of sp³-hybridized carbons (Fsp3) is 0.622. The molecule has 0 saturated heterocycles. The maximum absolute atomic E-state index is 13.8. The largest absolute Gasteiger partial charge is 0.508 e. The van der Waals surface area contributed by atoms with Gasteiger partial charge < -0.3 is 48.3 Å². The van der Waals surface area contributed by atoms with Crippen LogP contribution in [0.1, 0.15) is 96.0 Å². The van der Waals surface area contributed by atoms with E-state index in [1.54, 1.807) is 19.1 Å². The Labute approximate surface area is 306 Å². The minimum absolute atomic E-state index is 0.00721. The number of aliphatic carboxylic acids is 1. The van der Waals surface area contributed by atoms with Crippen LogP contribution in [-0.2, 0) is 35.2 Å². The molecular weight excluding hydrogens is 670 g/mol. The van der Waals surface area contributed by atoms with Gasteiger partial charge in [-0.05, 0) is 88.1 Å². The van der Waals surface area contributed by atoms with E-state index in [1.165, 1.54) is 18.2 Å². The van der Waals surface area contributed by atoms with E-state index in [0.29, 0.717) is 50.8 Å². The second-order valence-electron chi connectivity index (χ2n) is 13.4. The van der Waals surface area contributed by atoms with E-state index in [2.05, 4.69) is 33.2 Å². The Kier molecular flexibility index (Phi) is 20.0. The van der Waals surface area contributed by atoms with Crippen LogP contribution in [0.2, 0.25) is 0 Å². The lowest BCUT2D eigenvalue weighted by atomic mass is 9.97. The fourth-order valence-corrected chi connectivity index (χ4v) is 6.18. The van der Waals surface area contributed by atoms with Crippen LogP contribution < -0.4 is 38.1 Å². The molecule has 0 aromatic heterocycles. The van der Waals surface area contributed by atoms with Gasteiger partial charge >= 0.3 is 5.97 Å². The zero-order chi connectivity index (χ0) is 38.5. The summed E-state index contributed by atoms with van der Waals surface area (Å²) in [5.41, 5.74) is 11.9. The highest BCUT2D eigenvalue weighted by Crippen LogP contribution is 2.28. The molecule has 290 valence electrons. The molecule has 15 nitrogen and oxygen atoms in total. The Hall–Kier alpha value is -4.50. The lowest BCUT2D eigenvalue weighted by molar-refractivity contribution is -0.143. The van der Waals surface area contributed by atoms with E-state index in [-0.39, 0.29) is 49.7 Å². The third-order valence-corrected chi connectivity index (χ3v) is 9.20. The third kappa shape index (κ3) is 15.8. The molecule has 5 amide bonds. The molecule has 0 radical (unpaired) electrons. The average Bonchev–Trinajstić information content (AvgIpc) is 3.64. The van der Waals surface area contributed by atoms with Gasteiger partial charge in [-0.25, -0.2) is 4.79 Å². The quantitative estimate of drug-likeness (QED) is 0.0515. The van der Waals surface area contributed by atoms with E-state index in [0.717, 1.165) is 25.7 Å². The van der Waals surface area contributed by atoms with Gasteiger partial charge in [-0.2, -0.15) is 0 Å². The normalized spacial score (nSPS) is 15.7. The van der Waals surface area contributed by atoms with Crippen LogP contribution in [0.3, 0.4) is 0 Å². The molecule has 5 atom stereocenters. The zero-order valence-electron chi connectivity index (χ0n) is 30.4. The minimum Gasteiger partial charge on any atom is -0.508 e. The van der Waals surface area contributed by atoms with Gasteiger partial charge in [0.2, 0.25) is 29.5 Å². The summed E-state index contributed by atoms with van der Waals surface area (Å²) >= 11 is 0. The predicted molar refractivity (Wildman–Crippen MR) is 197 cm³/mol. The maximum Gasteiger partial charge on any atom is 0.326 e. The number of carboxylic acids is 1. The standard InChI is InChI=1S/C37H59N7O8/c1-3-11-27(41-35(49)29(15-8-10-21-39)42-34(48)28(14-7-9-20-38)40-32(46)4-2)33(47)43-30(22-25-16-18-26(45)19-17-25)36(50)44-31(37(51)52)23-24-12-5-6-13-24/h3,16-19,24,27-31,45H,1,4-15,20-23,38-39H2,2H3,(H,40,46)(H,41,49)(H,42,48)(H,43,47)(H,44,50)(H,51,52)/t27-,28-,29-,30-,31-/m0/s1. The Morgan fingerprint density at radius 1 is 0.750 bits per heavy atom. The molecule has 1 saturated carbocycles. The number of nitrogens with two attached hydrogens (primary N) is 2. The number of rotatable bonds is 25. The number of benzene rings is 1. The first-order valence-corrected chi connectivity index (χ1v) is 18.4. The van der Waals surface area contributed by atoms with Gasteiger partial charge in [-0.3, -0.25) is 24.0 Å². The highest BCUT2D eigenvalue weighted by Gasteiger charge is 2.33. The number of carboxylic acid groups (broad SMARTS) is 1. The number of amides is 5. The third-order valence-electron chi connectivity index (χ3n) is 9.20. The van der Waals surface area contributed by atoms with Gasteiger partial charge in [-0.15, -0.1) is 6.58 Å². The lowest BCUT2D eigenvalue weighted by Crippen LogP contribution is -2.59. The van der Waals surface area contributed by atoms with Gasteiger partial charge in [-0.1, -0.05) is 50.8 Å². The molecule has 15 heteroatoms. The molecule has 1 aromatic rings. The zero-order valence-corrected chi connectivity index (χ0v) is 30.4. The van der Waals surface area contributed by atoms with Crippen molar-refractivity contribution >= 4 is 35.5 Å². The van der Waals surface area contributed by atoms with E-state index in [1.807, 2.05) is 0 Å². The molecule has 11 N–H and O–H groups in total. The first-order chi connectivity index (χ1) is 24.9. The van der Waals surface area contributed by atoms with E-state index >= 15 is 0 Å². The fourth-order valence-electron chi connectivity index (χ4n) is 6.18. The summed E-state index contributed by atoms with van der Waals surface area (Å²) in [6.07, 6.45) is 8.40. The van der Waals surface area contributed by atoms with Crippen LogP contribution in [-0.4, -0.2) is 89.0 Å². The molecule has 1 aromatic carbocycles. The number of carbonyl (C=O) groups is 6. The molecule has 1 fully saturated rings. The van der Waals surface area contributed by atoms with Crippen LogP contribution in [0.15, 0.2) is 36.9 Å². The SMILES string of the molecule is C=CC[C@H](NC(=O)[C@H](CCCCN)NC(=O)[C@H](CCCCN)NC(=O)CC)C(=O)N[C@@H](Cc1ccc(O)cc1)C(=O)N[C@@H](CC1CCCC1)C(=O)O. The van der Waals surface area contributed by atoms with E-state index < -0.39 is 59.8 Å². The Balaban J connectivity index is 2.28. The van der Waals surface area contributed by atoms with Crippen LogP contribution >= 0.6 is 0 Å². The Morgan fingerprint density at radius 3 is 1.75 bits per heavy atom. The number of phenols is 1. The lowest BCUT2D eigenvalue weighted by Gasteiger charge is -2.27. The molecular formula is C37H59N7O8. The smallest absolute Gasteiger partial charge is 0.326 e. The molecule has 2 rings (SSSR count). The summed E-state index contributed by atoms with van der Waals surface area (Å²) in [5, 5.41) is 33.1. The second kappa shape index (κ2) is 23.9. The summed E-state index contributed by atoms with van der Waals surface area (Å²) in [7, 11) is 0. The van der Waals surface area contributed by atoms with Crippen molar-refractivity contribution < 1.29 is 39.0 Å². The van der Waals surface area contributed by atoms with Gasteiger partial charge in [0.25, 0.3) is 0 Å². The van der Waals surface area contributed by atoms with Crippen molar-refractivity contribution in [2.75, 3.05) is 13.1 Å². The molecule has 1 aliphatic rings. The van der Waals surface area contributed by atoms with Crippen molar-refractivity contribution in [1.29, 1.82) is 0 Å². The average molecular weight is 730 g/mol. The summed E-state index contributed by atoms with van der Waals surface area (Å²) < 4.78 is 0. The first kappa shape index (κ1) is 43.7. The van der Waals surface area contributed by atoms with E-state index in [9.17, 15) is 39.0 Å². The molecule has 0 spiro atoms. The summed E-state index contributed by atoms with van der Waals surface area (Å²) in [6, 6.07) is 0.475. The second-order valence-corrected chi connectivity index (χ2v) is 13.4. The molecule has 0 unspecified atom stereocenters. The summed E-state index contributed by atoms with van der Waals surface area (Å²) in [6.45, 7) is 6.16. The van der Waals surface area contributed by atoms with Crippen molar-refractivity contribution in [2.24, 2.45) is 17.4 Å². The van der Waals surface area contributed by atoms with Gasteiger partial charge in [0.1, 0.15) is 36.0 Å². The number of hydrogen-bond donors (Lipinski definition) is 9. The van der Waals surface area contributed by atoms with Crippen LogP contribution in [0.4, 0.5) is 0 Å². The van der Waals surface area contributed by atoms with Crippen LogP contribution in [0.25, 0.3) is 0 Å². The first-order valence-electron chi connectivity index (χ1n) is 18.4. The summed E-state index contributed by atoms with van der Waals surface area (Å²) in [5.74, 6) is -3.96. The topological polar surface area (TPSA) is 255 Å². The predicted octanol–water partition coefficient (Wildman–Crippen LogP) is 1.27. The number of aromatic hydroxyl groups is 1. The molecule has 1 aliphatic carbocycles. The Bertz CT molecular complexity index is 1320. The summed E-state index contributed by atoms with van der Waals surface area (Å²) in [4.78, 5) is 78.8. The minimum atomic E-state index is -1.23. The highest BCUT2D eigenvalue weighted by molar-refractivity contribution is 5.96. The number of nitrogens with one attached hydrogen (secondary N) is 5. The van der Waals surface area contributed by atoms with Crippen molar-refractivity contribution in [3.8, 4) is 5.75 Å². The van der Waals surface area contributed by atoms with Crippen LogP contribution in [0.5, 0.6) is 5.75 Å². The molecule has 0 heterocycles. The number of carbonyl (C=O) groups excluding carboxylic acids is 5. The van der Waals surface area contributed by atoms with Gasteiger partial charge in [0.05, 0.1) is 0 Å².